The predicted molar refractivity (Wildman–Crippen MR) is 91.0 cm³/mol. The number of carbonyl (C=O) groups is 1. The van der Waals surface area contributed by atoms with E-state index in [4.69, 9.17) is 9.47 Å². The third-order valence-corrected chi connectivity index (χ3v) is 3.93. The van der Waals surface area contributed by atoms with Gasteiger partial charge in [-0.1, -0.05) is 24.3 Å². The number of aryl methyl sites for hydroxylation is 2. The quantitative estimate of drug-likeness (QED) is 0.891. The van der Waals surface area contributed by atoms with Gasteiger partial charge in [0.15, 0.2) is 11.5 Å². The minimum absolute atomic E-state index is 0.0106. The Morgan fingerprint density at radius 2 is 1.61 bits per heavy atom. The lowest BCUT2D eigenvalue weighted by atomic mass is 10.0. The summed E-state index contributed by atoms with van der Waals surface area (Å²) in [7, 11) is 3.20. The molecule has 0 aliphatic heterocycles. The minimum Gasteiger partial charge on any atom is -0.493 e. The van der Waals surface area contributed by atoms with Gasteiger partial charge in [-0.2, -0.15) is 0 Å². The standard InChI is InChI=1S/C19H23NO3/c1-13-7-5-6-8-15(13)12-20-19(21)11-16-10-18(23-4)17(22-3)9-14(16)2/h5-10H,11-12H2,1-4H3,(H,20,21). The van der Waals surface area contributed by atoms with Crippen LogP contribution in [0.5, 0.6) is 11.5 Å². The molecular formula is C19H23NO3. The number of rotatable bonds is 6. The fraction of sp³-hybridized carbons (Fsp3) is 0.316. The molecule has 2 aromatic rings. The molecule has 2 rings (SSSR count). The Labute approximate surface area is 137 Å². The van der Waals surface area contributed by atoms with Crippen LogP contribution >= 0.6 is 0 Å². The third-order valence-electron chi connectivity index (χ3n) is 3.93. The lowest BCUT2D eigenvalue weighted by molar-refractivity contribution is -0.120. The summed E-state index contributed by atoms with van der Waals surface area (Å²) in [6.45, 7) is 4.55. The lowest BCUT2D eigenvalue weighted by Gasteiger charge is -2.13. The third kappa shape index (κ3) is 4.25. The maximum absolute atomic E-state index is 12.2. The minimum atomic E-state index is -0.0106. The summed E-state index contributed by atoms with van der Waals surface area (Å²) in [6, 6.07) is 11.8. The second-order valence-electron chi connectivity index (χ2n) is 5.51. The van der Waals surface area contributed by atoms with E-state index in [0.717, 1.165) is 16.7 Å². The number of amides is 1. The Balaban J connectivity index is 2.04. The zero-order valence-corrected chi connectivity index (χ0v) is 14.1. The Kier molecular flexibility index (Phi) is 5.63. The van der Waals surface area contributed by atoms with E-state index in [1.165, 1.54) is 5.56 Å². The molecule has 0 aromatic heterocycles. The molecule has 23 heavy (non-hydrogen) atoms. The van der Waals surface area contributed by atoms with E-state index in [0.29, 0.717) is 24.5 Å². The average Bonchev–Trinajstić information content (AvgIpc) is 2.55. The Morgan fingerprint density at radius 3 is 2.26 bits per heavy atom. The molecule has 0 fully saturated rings. The number of methoxy groups -OCH3 is 2. The lowest BCUT2D eigenvalue weighted by Crippen LogP contribution is -2.25. The van der Waals surface area contributed by atoms with E-state index in [9.17, 15) is 4.79 Å². The van der Waals surface area contributed by atoms with E-state index < -0.39 is 0 Å². The summed E-state index contributed by atoms with van der Waals surface area (Å²) >= 11 is 0. The van der Waals surface area contributed by atoms with Gasteiger partial charge in [0.05, 0.1) is 20.6 Å². The van der Waals surface area contributed by atoms with Crippen molar-refractivity contribution in [2.24, 2.45) is 0 Å². The molecule has 2 aromatic carbocycles. The van der Waals surface area contributed by atoms with Crippen LogP contribution in [0, 0.1) is 13.8 Å². The van der Waals surface area contributed by atoms with Crippen LogP contribution in [0.1, 0.15) is 22.3 Å². The molecule has 0 heterocycles. The van der Waals surface area contributed by atoms with Crippen molar-refractivity contribution in [1.82, 2.24) is 5.32 Å². The van der Waals surface area contributed by atoms with Crippen molar-refractivity contribution in [3.05, 3.63) is 58.7 Å². The molecule has 0 spiro atoms. The fourth-order valence-electron chi connectivity index (χ4n) is 2.45. The molecule has 4 nitrogen and oxygen atoms in total. The van der Waals surface area contributed by atoms with Crippen molar-refractivity contribution in [1.29, 1.82) is 0 Å². The van der Waals surface area contributed by atoms with Gasteiger partial charge in [0.1, 0.15) is 0 Å². The zero-order valence-electron chi connectivity index (χ0n) is 14.1. The second-order valence-corrected chi connectivity index (χ2v) is 5.51. The number of carbonyl (C=O) groups excluding carboxylic acids is 1. The molecule has 0 unspecified atom stereocenters. The number of ether oxygens (including phenoxy) is 2. The first-order valence-electron chi connectivity index (χ1n) is 7.58. The van der Waals surface area contributed by atoms with Gasteiger partial charge in [0.2, 0.25) is 5.91 Å². The summed E-state index contributed by atoms with van der Waals surface area (Å²) in [4.78, 5) is 12.2. The molecule has 0 radical (unpaired) electrons. The van der Waals surface area contributed by atoms with Gasteiger partial charge in [-0.3, -0.25) is 4.79 Å². The molecule has 4 heteroatoms. The molecule has 0 atom stereocenters. The van der Waals surface area contributed by atoms with E-state index in [1.54, 1.807) is 14.2 Å². The topological polar surface area (TPSA) is 47.6 Å². The molecule has 0 aliphatic rings. The highest BCUT2D eigenvalue weighted by Gasteiger charge is 2.12. The zero-order chi connectivity index (χ0) is 16.8. The molecule has 0 aliphatic carbocycles. The number of nitrogens with one attached hydrogen (secondary N) is 1. The highest BCUT2D eigenvalue weighted by molar-refractivity contribution is 5.79. The molecule has 1 amide bonds. The molecule has 0 saturated carbocycles. The molecular weight excluding hydrogens is 290 g/mol. The highest BCUT2D eigenvalue weighted by atomic mass is 16.5. The summed E-state index contributed by atoms with van der Waals surface area (Å²) in [6.07, 6.45) is 0.318. The van der Waals surface area contributed by atoms with Gasteiger partial charge in [0.25, 0.3) is 0 Å². The monoisotopic (exact) mass is 313 g/mol. The normalized spacial score (nSPS) is 10.3. The van der Waals surface area contributed by atoms with Crippen molar-refractivity contribution < 1.29 is 14.3 Å². The molecule has 0 bridgehead atoms. The molecule has 122 valence electrons. The van der Waals surface area contributed by atoms with Crippen LogP contribution in [0.4, 0.5) is 0 Å². The van der Waals surface area contributed by atoms with Crippen LogP contribution in [0.15, 0.2) is 36.4 Å². The van der Waals surface area contributed by atoms with Gasteiger partial charge in [-0.05, 0) is 48.2 Å². The summed E-state index contributed by atoms with van der Waals surface area (Å²) in [5.74, 6) is 1.30. The Morgan fingerprint density at radius 1 is 0.957 bits per heavy atom. The maximum atomic E-state index is 12.2. The van der Waals surface area contributed by atoms with Crippen molar-refractivity contribution >= 4 is 5.91 Å². The van der Waals surface area contributed by atoms with Crippen LogP contribution in [0.3, 0.4) is 0 Å². The number of benzene rings is 2. The van der Waals surface area contributed by atoms with Crippen molar-refractivity contribution in [3.63, 3.8) is 0 Å². The van der Waals surface area contributed by atoms with E-state index in [-0.39, 0.29) is 5.91 Å². The van der Waals surface area contributed by atoms with Crippen LogP contribution < -0.4 is 14.8 Å². The molecule has 1 N–H and O–H groups in total. The van der Waals surface area contributed by atoms with Gasteiger partial charge in [-0.15, -0.1) is 0 Å². The summed E-state index contributed by atoms with van der Waals surface area (Å²) in [5.41, 5.74) is 4.25. The van der Waals surface area contributed by atoms with E-state index in [2.05, 4.69) is 5.32 Å². The van der Waals surface area contributed by atoms with Crippen LogP contribution in [0.2, 0.25) is 0 Å². The predicted octanol–water partition coefficient (Wildman–Crippen LogP) is 3.18. The summed E-state index contributed by atoms with van der Waals surface area (Å²) in [5, 5.41) is 2.97. The number of hydrogen-bond donors (Lipinski definition) is 1. The van der Waals surface area contributed by atoms with Gasteiger partial charge < -0.3 is 14.8 Å². The van der Waals surface area contributed by atoms with Crippen LogP contribution in [0.25, 0.3) is 0 Å². The smallest absolute Gasteiger partial charge is 0.224 e. The van der Waals surface area contributed by atoms with Crippen molar-refractivity contribution in [3.8, 4) is 11.5 Å². The van der Waals surface area contributed by atoms with Gasteiger partial charge in [-0.25, -0.2) is 0 Å². The summed E-state index contributed by atoms with van der Waals surface area (Å²) < 4.78 is 10.6. The van der Waals surface area contributed by atoms with Crippen molar-refractivity contribution in [2.45, 2.75) is 26.8 Å². The van der Waals surface area contributed by atoms with Crippen LogP contribution in [-0.4, -0.2) is 20.1 Å². The Hall–Kier alpha value is -2.49. The molecule has 0 saturated heterocycles. The van der Waals surface area contributed by atoms with E-state index in [1.807, 2.05) is 50.2 Å². The van der Waals surface area contributed by atoms with Crippen LogP contribution in [-0.2, 0) is 17.8 Å². The number of hydrogen-bond acceptors (Lipinski definition) is 3. The SMILES string of the molecule is COc1cc(C)c(CC(=O)NCc2ccccc2C)cc1OC. The second kappa shape index (κ2) is 7.68. The maximum Gasteiger partial charge on any atom is 0.224 e. The Bertz CT molecular complexity index is 695. The first kappa shape index (κ1) is 16.9. The van der Waals surface area contributed by atoms with E-state index >= 15 is 0 Å². The van der Waals surface area contributed by atoms with Gasteiger partial charge >= 0.3 is 0 Å². The first-order valence-corrected chi connectivity index (χ1v) is 7.58. The fourth-order valence-corrected chi connectivity index (χ4v) is 2.45. The average molecular weight is 313 g/mol. The van der Waals surface area contributed by atoms with Gasteiger partial charge in [0, 0.05) is 6.54 Å². The highest BCUT2D eigenvalue weighted by Crippen LogP contribution is 2.30. The first-order chi connectivity index (χ1) is 11.0. The van der Waals surface area contributed by atoms with Crippen molar-refractivity contribution in [2.75, 3.05) is 14.2 Å². The largest absolute Gasteiger partial charge is 0.493 e.